The molecule has 1 aliphatic rings. The maximum atomic E-state index is 13.4. The van der Waals surface area contributed by atoms with Gasteiger partial charge < -0.3 is 24.1 Å². The van der Waals surface area contributed by atoms with Crippen molar-refractivity contribution in [2.45, 2.75) is 37.7 Å². The molecule has 0 saturated carbocycles. The summed E-state index contributed by atoms with van der Waals surface area (Å²) in [5.74, 6) is 1.46. The van der Waals surface area contributed by atoms with Crippen molar-refractivity contribution in [3.63, 3.8) is 0 Å². The first-order valence-corrected chi connectivity index (χ1v) is 13.4. The van der Waals surface area contributed by atoms with Crippen LogP contribution >= 0.6 is 0 Å². The number of carbonyl (C=O) groups excluding carboxylic acids is 1. The Morgan fingerprint density at radius 3 is 2.27 bits per heavy atom. The number of cyclic esters (lactones) is 1. The highest BCUT2D eigenvalue weighted by atomic mass is 19.1. The summed E-state index contributed by atoms with van der Waals surface area (Å²) >= 11 is 0. The molecule has 0 radical (unpaired) electrons. The fourth-order valence-electron chi connectivity index (χ4n) is 5.02. The highest BCUT2D eigenvalue weighted by molar-refractivity contribution is 5.91. The largest absolute Gasteiger partial charge is 0.497 e. The van der Waals surface area contributed by atoms with Crippen LogP contribution in [0.3, 0.4) is 0 Å². The Morgan fingerprint density at radius 1 is 0.902 bits per heavy atom. The Labute approximate surface area is 238 Å². The molecular weight excluding hydrogens is 525 g/mol. The summed E-state index contributed by atoms with van der Waals surface area (Å²) < 4.78 is 36.4. The van der Waals surface area contributed by atoms with Crippen molar-refractivity contribution >= 4 is 11.8 Å². The number of ether oxygens (including phenoxy) is 4. The maximum Gasteiger partial charge on any atom is 0.415 e. The van der Waals surface area contributed by atoms with Gasteiger partial charge in [0.25, 0.3) is 0 Å². The van der Waals surface area contributed by atoms with Crippen molar-refractivity contribution in [3.8, 4) is 17.2 Å². The molecule has 4 aromatic carbocycles. The Hall–Kier alpha value is -4.56. The number of amides is 1. The molecule has 0 unspecified atom stereocenters. The quantitative estimate of drug-likeness (QED) is 0.214. The molecule has 1 aliphatic heterocycles. The lowest BCUT2D eigenvalue weighted by Crippen LogP contribution is -2.30. The molecular formula is C33H32FNO6. The van der Waals surface area contributed by atoms with Gasteiger partial charge in [0, 0.05) is 17.3 Å². The summed E-state index contributed by atoms with van der Waals surface area (Å²) in [4.78, 5) is 15.0. The number of methoxy groups -OCH3 is 2. The molecule has 1 amide bonds. The van der Waals surface area contributed by atoms with Crippen LogP contribution < -0.4 is 19.1 Å². The number of benzene rings is 4. The molecule has 1 heterocycles. The normalized spacial score (nSPS) is 17.2. The summed E-state index contributed by atoms with van der Waals surface area (Å²) in [5, 5.41) is 10.8. The summed E-state index contributed by atoms with van der Waals surface area (Å²) in [6, 6.07) is 27.7. The van der Waals surface area contributed by atoms with E-state index in [-0.39, 0.29) is 5.82 Å². The summed E-state index contributed by atoms with van der Waals surface area (Å²) in [5.41, 5.74) is 2.96. The standard InChI is InChI=1S/C33H32FNO6/c1-38-26-14-12-25(13-15-26)35-32(30(41-33(35)37)19-18-29(36)23-8-10-24(34)11-9-23)28-17-16-27(39-2)20-31(28)40-21-22-6-4-3-5-7-22/h3-17,20,29-30,32,36H,18-19,21H2,1-2H3/t29-,30+,32+/m0/s1. The number of halogens is 1. The van der Waals surface area contributed by atoms with E-state index in [4.69, 9.17) is 18.9 Å². The fourth-order valence-corrected chi connectivity index (χ4v) is 5.02. The summed E-state index contributed by atoms with van der Waals surface area (Å²) in [6.45, 7) is 0.318. The lowest BCUT2D eigenvalue weighted by molar-refractivity contribution is 0.100. The predicted octanol–water partition coefficient (Wildman–Crippen LogP) is 7.00. The molecule has 0 bridgehead atoms. The van der Waals surface area contributed by atoms with Crippen molar-refractivity contribution < 1.29 is 33.2 Å². The Balaban J connectivity index is 1.49. The highest BCUT2D eigenvalue weighted by Crippen LogP contribution is 2.44. The van der Waals surface area contributed by atoms with E-state index in [1.54, 1.807) is 61.6 Å². The van der Waals surface area contributed by atoms with Gasteiger partial charge in [-0.2, -0.15) is 0 Å². The SMILES string of the molecule is COc1ccc(N2C(=O)O[C@H](CC[C@H](O)c3ccc(F)cc3)[C@H]2c2ccc(OC)cc2OCc2ccccc2)cc1. The molecule has 3 atom stereocenters. The first-order chi connectivity index (χ1) is 20.0. The van der Waals surface area contributed by atoms with Gasteiger partial charge in [0.05, 0.1) is 20.3 Å². The number of aliphatic hydroxyl groups excluding tert-OH is 1. The number of rotatable bonds is 11. The van der Waals surface area contributed by atoms with E-state index in [2.05, 4.69) is 0 Å². The molecule has 4 aromatic rings. The van der Waals surface area contributed by atoms with Crippen LogP contribution in [-0.2, 0) is 11.3 Å². The van der Waals surface area contributed by atoms with Crippen molar-refractivity contribution in [1.82, 2.24) is 0 Å². The van der Waals surface area contributed by atoms with Crippen LogP contribution in [0.15, 0.2) is 97.1 Å². The van der Waals surface area contributed by atoms with Crippen molar-refractivity contribution in [2.75, 3.05) is 19.1 Å². The zero-order chi connectivity index (χ0) is 28.8. The average Bonchev–Trinajstić information content (AvgIpc) is 3.34. The number of anilines is 1. The first-order valence-electron chi connectivity index (χ1n) is 13.4. The molecule has 1 N–H and O–H groups in total. The van der Waals surface area contributed by atoms with Gasteiger partial charge in [0.2, 0.25) is 0 Å². The lowest BCUT2D eigenvalue weighted by atomic mass is 9.93. The van der Waals surface area contributed by atoms with Gasteiger partial charge in [-0.3, -0.25) is 4.90 Å². The maximum absolute atomic E-state index is 13.4. The molecule has 1 fully saturated rings. The minimum Gasteiger partial charge on any atom is -0.497 e. The van der Waals surface area contributed by atoms with Gasteiger partial charge >= 0.3 is 6.09 Å². The third-order valence-electron chi connectivity index (χ3n) is 7.19. The molecule has 0 spiro atoms. The van der Waals surface area contributed by atoms with Gasteiger partial charge in [-0.25, -0.2) is 9.18 Å². The second-order valence-electron chi connectivity index (χ2n) is 9.76. The van der Waals surface area contributed by atoms with E-state index in [1.165, 1.54) is 12.1 Å². The predicted molar refractivity (Wildman–Crippen MR) is 153 cm³/mol. The third-order valence-corrected chi connectivity index (χ3v) is 7.19. The van der Waals surface area contributed by atoms with Gasteiger partial charge in [-0.1, -0.05) is 42.5 Å². The van der Waals surface area contributed by atoms with Crippen LogP contribution in [0.4, 0.5) is 14.9 Å². The van der Waals surface area contributed by atoms with E-state index < -0.39 is 24.3 Å². The molecule has 1 saturated heterocycles. The Kier molecular flexibility index (Phi) is 8.70. The number of carbonyl (C=O) groups is 1. The van der Waals surface area contributed by atoms with Crippen LogP contribution in [0, 0.1) is 5.82 Å². The Bertz CT molecular complexity index is 1450. The van der Waals surface area contributed by atoms with Crippen LogP contribution in [0.1, 0.15) is 41.7 Å². The van der Waals surface area contributed by atoms with Gasteiger partial charge in [0.1, 0.15) is 41.8 Å². The van der Waals surface area contributed by atoms with Gasteiger partial charge in [-0.05, 0) is 72.5 Å². The summed E-state index contributed by atoms with van der Waals surface area (Å²) in [7, 11) is 3.17. The van der Waals surface area contributed by atoms with Crippen LogP contribution in [-0.4, -0.2) is 31.5 Å². The number of nitrogens with zero attached hydrogens (tertiary/aromatic N) is 1. The van der Waals surface area contributed by atoms with Crippen molar-refractivity contribution in [2.24, 2.45) is 0 Å². The van der Waals surface area contributed by atoms with Crippen LogP contribution in [0.5, 0.6) is 17.2 Å². The molecule has 41 heavy (non-hydrogen) atoms. The molecule has 0 aromatic heterocycles. The van der Waals surface area contributed by atoms with E-state index in [1.807, 2.05) is 42.5 Å². The number of hydrogen-bond donors (Lipinski definition) is 1. The van der Waals surface area contributed by atoms with Crippen molar-refractivity contribution in [3.05, 3.63) is 120 Å². The van der Waals surface area contributed by atoms with Gasteiger partial charge in [-0.15, -0.1) is 0 Å². The van der Waals surface area contributed by atoms with E-state index in [0.717, 1.165) is 11.1 Å². The van der Waals surface area contributed by atoms with E-state index >= 15 is 0 Å². The zero-order valence-corrected chi connectivity index (χ0v) is 22.9. The fraction of sp³-hybridized carbons (Fsp3) is 0.242. The van der Waals surface area contributed by atoms with E-state index in [9.17, 15) is 14.3 Å². The van der Waals surface area contributed by atoms with Crippen molar-refractivity contribution in [1.29, 1.82) is 0 Å². The summed E-state index contributed by atoms with van der Waals surface area (Å²) in [6.07, 6.45) is -1.31. The monoisotopic (exact) mass is 557 g/mol. The molecule has 7 nitrogen and oxygen atoms in total. The average molecular weight is 558 g/mol. The second kappa shape index (κ2) is 12.7. The lowest BCUT2D eigenvalue weighted by Gasteiger charge is -2.27. The minimum atomic E-state index is -0.852. The number of hydrogen-bond acceptors (Lipinski definition) is 6. The second-order valence-corrected chi connectivity index (χ2v) is 9.76. The first kappa shape index (κ1) is 28.0. The highest BCUT2D eigenvalue weighted by Gasteiger charge is 2.45. The van der Waals surface area contributed by atoms with E-state index in [0.29, 0.717) is 47.9 Å². The molecule has 0 aliphatic carbocycles. The zero-order valence-electron chi connectivity index (χ0n) is 22.9. The van der Waals surface area contributed by atoms with Crippen LogP contribution in [0.2, 0.25) is 0 Å². The smallest absolute Gasteiger partial charge is 0.415 e. The topological polar surface area (TPSA) is 77.5 Å². The third kappa shape index (κ3) is 6.44. The molecule has 8 heteroatoms. The van der Waals surface area contributed by atoms with Gasteiger partial charge in [0.15, 0.2) is 0 Å². The molecule has 5 rings (SSSR count). The Morgan fingerprint density at radius 2 is 1.59 bits per heavy atom. The number of aliphatic hydroxyl groups is 1. The molecule has 212 valence electrons. The van der Waals surface area contributed by atoms with Crippen LogP contribution in [0.25, 0.3) is 0 Å². The minimum absolute atomic E-state index is 0.299.